The molecule has 0 radical (unpaired) electrons. The van der Waals surface area contributed by atoms with Crippen LogP contribution >= 0.6 is 11.3 Å². The van der Waals surface area contributed by atoms with Gasteiger partial charge in [0.05, 0.1) is 21.3 Å². The smallest absolute Gasteiger partial charge is 0.238 e. The number of thiophene rings is 1. The average molecular weight is 506 g/mol. The Morgan fingerprint density at radius 2 is 1.21 bits per heavy atom. The Labute approximate surface area is 221 Å². The van der Waals surface area contributed by atoms with Crippen LogP contribution in [0, 0.1) is 0 Å². The van der Waals surface area contributed by atoms with Crippen molar-refractivity contribution in [1.29, 1.82) is 0 Å². The third-order valence-corrected chi connectivity index (χ3v) is 8.11. The SMILES string of the molecule is c1ccc(-c2nc(-c3ccccc3)nc(-n3c4cccnc4c4ccc5c6ccccc6sc5c43)n2)cc1. The van der Waals surface area contributed by atoms with E-state index in [2.05, 4.69) is 47.0 Å². The number of nitrogens with zero attached hydrogens (tertiary/aromatic N) is 5. The number of rotatable bonds is 3. The van der Waals surface area contributed by atoms with Gasteiger partial charge in [0, 0.05) is 38.2 Å². The summed E-state index contributed by atoms with van der Waals surface area (Å²) in [6, 6.07) is 37.2. The van der Waals surface area contributed by atoms with Crippen LogP contribution in [0.4, 0.5) is 0 Å². The molecule has 38 heavy (non-hydrogen) atoms. The monoisotopic (exact) mass is 505 g/mol. The summed E-state index contributed by atoms with van der Waals surface area (Å²) in [6.45, 7) is 0. The Kier molecular flexibility index (Phi) is 4.62. The molecule has 0 N–H and O–H groups in total. The van der Waals surface area contributed by atoms with Gasteiger partial charge in [-0.25, -0.2) is 4.98 Å². The third-order valence-electron chi connectivity index (χ3n) is 6.91. The number of aromatic nitrogens is 5. The summed E-state index contributed by atoms with van der Waals surface area (Å²) in [4.78, 5) is 19.8. The summed E-state index contributed by atoms with van der Waals surface area (Å²) >= 11 is 1.80. The summed E-state index contributed by atoms with van der Waals surface area (Å²) < 4.78 is 4.62. The van der Waals surface area contributed by atoms with Gasteiger partial charge in [-0.1, -0.05) is 84.9 Å². The second-order valence-corrected chi connectivity index (χ2v) is 10.2. The van der Waals surface area contributed by atoms with E-state index >= 15 is 0 Å². The van der Waals surface area contributed by atoms with E-state index in [1.165, 1.54) is 20.2 Å². The highest BCUT2D eigenvalue weighted by molar-refractivity contribution is 7.26. The largest absolute Gasteiger partial charge is 0.275 e. The zero-order valence-corrected chi connectivity index (χ0v) is 20.9. The van der Waals surface area contributed by atoms with Gasteiger partial charge in [-0.05, 0) is 24.3 Å². The number of hydrogen-bond donors (Lipinski definition) is 0. The molecule has 0 amide bonds. The first-order chi connectivity index (χ1) is 18.8. The van der Waals surface area contributed by atoms with E-state index in [0.29, 0.717) is 17.6 Å². The second kappa shape index (κ2) is 8.30. The minimum atomic E-state index is 0.579. The fourth-order valence-corrected chi connectivity index (χ4v) is 6.44. The number of benzene rings is 4. The van der Waals surface area contributed by atoms with Gasteiger partial charge in [0.15, 0.2) is 11.6 Å². The molecule has 0 unspecified atom stereocenters. The van der Waals surface area contributed by atoms with Gasteiger partial charge >= 0.3 is 0 Å². The van der Waals surface area contributed by atoms with Gasteiger partial charge < -0.3 is 0 Å². The highest BCUT2D eigenvalue weighted by Gasteiger charge is 2.21. The molecule has 0 fully saturated rings. The quantitative estimate of drug-likeness (QED) is 0.244. The first-order valence-corrected chi connectivity index (χ1v) is 13.2. The van der Waals surface area contributed by atoms with Gasteiger partial charge in [0.1, 0.15) is 0 Å². The molecule has 0 atom stereocenters. The van der Waals surface area contributed by atoms with Gasteiger partial charge in [-0.3, -0.25) is 9.55 Å². The van der Waals surface area contributed by atoms with Crippen molar-refractivity contribution in [2.75, 3.05) is 0 Å². The summed E-state index contributed by atoms with van der Waals surface area (Å²) in [5, 5.41) is 3.56. The molecular weight excluding hydrogens is 486 g/mol. The molecule has 6 heteroatoms. The van der Waals surface area contributed by atoms with Crippen molar-refractivity contribution < 1.29 is 0 Å². The Balaban J connectivity index is 1.53. The normalized spacial score (nSPS) is 11.7. The van der Waals surface area contributed by atoms with E-state index in [9.17, 15) is 0 Å². The van der Waals surface area contributed by atoms with Crippen LogP contribution in [-0.4, -0.2) is 24.5 Å². The summed E-state index contributed by atoms with van der Waals surface area (Å²) in [7, 11) is 0. The zero-order chi connectivity index (χ0) is 25.1. The van der Waals surface area contributed by atoms with Crippen LogP contribution in [0.1, 0.15) is 0 Å². The first-order valence-electron chi connectivity index (χ1n) is 12.4. The second-order valence-electron chi connectivity index (χ2n) is 9.16. The number of pyridine rings is 1. The van der Waals surface area contributed by atoms with Crippen molar-refractivity contribution in [2.24, 2.45) is 0 Å². The third kappa shape index (κ3) is 3.17. The Morgan fingerprint density at radius 3 is 1.95 bits per heavy atom. The predicted octanol–water partition coefficient (Wildman–Crippen LogP) is 8.07. The predicted molar refractivity (Wildman–Crippen MR) is 156 cm³/mol. The lowest BCUT2D eigenvalue weighted by atomic mass is 10.1. The minimum Gasteiger partial charge on any atom is -0.275 e. The molecule has 8 aromatic rings. The Hall–Kier alpha value is -4.94. The van der Waals surface area contributed by atoms with E-state index in [1.807, 2.05) is 72.9 Å². The van der Waals surface area contributed by atoms with Crippen LogP contribution in [-0.2, 0) is 0 Å². The summed E-state index contributed by atoms with van der Waals surface area (Å²) in [5.74, 6) is 1.85. The van der Waals surface area contributed by atoms with Crippen LogP contribution < -0.4 is 0 Å². The highest BCUT2D eigenvalue weighted by Crippen LogP contribution is 2.42. The fourth-order valence-electron chi connectivity index (χ4n) is 5.20. The van der Waals surface area contributed by atoms with E-state index in [-0.39, 0.29) is 0 Å². The highest BCUT2D eigenvalue weighted by atomic mass is 32.1. The van der Waals surface area contributed by atoms with Crippen molar-refractivity contribution in [2.45, 2.75) is 0 Å². The summed E-state index contributed by atoms with van der Waals surface area (Å²) in [6.07, 6.45) is 1.85. The maximum Gasteiger partial charge on any atom is 0.238 e. The van der Waals surface area contributed by atoms with E-state index in [1.54, 1.807) is 11.3 Å². The van der Waals surface area contributed by atoms with E-state index in [0.717, 1.165) is 33.1 Å². The molecule has 0 aliphatic heterocycles. The number of hydrogen-bond acceptors (Lipinski definition) is 5. The van der Waals surface area contributed by atoms with Gasteiger partial charge in [-0.15, -0.1) is 11.3 Å². The molecule has 0 saturated heterocycles. The van der Waals surface area contributed by atoms with Gasteiger partial charge in [-0.2, -0.15) is 9.97 Å². The van der Waals surface area contributed by atoms with Crippen LogP contribution in [0.2, 0.25) is 0 Å². The van der Waals surface area contributed by atoms with Crippen molar-refractivity contribution in [1.82, 2.24) is 24.5 Å². The van der Waals surface area contributed by atoms with Crippen LogP contribution in [0.5, 0.6) is 0 Å². The van der Waals surface area contributed by atoms with Crippen LogP contribution in [0.25, 0.3) is 70.8 Å². The lowest BCUT2D eigenvalue weighted by Gasteiger charge is -2.11. The molecule has 0 aliphatic rings. The molecule has 5 nitrogen and oxygen atoms in total. The van der Waals surface area contributed by atoms with Crippen molar-refractivity contribution in [3.63, 3.8) is 0 Å². The topological polar surface area (TPSA) is 56.5 Å². The lowest BCUT2D eigenvalue weighted by Crippen LogP contribution is -2.06. The van der Waals surface area contributed by atoms with Crippen LogP contribution in [0.15, 0.2) is 115 Å². The van der Waals surface area contributed by atoms with Crippen LogP contribution in [0.3, 0.4) is 0 Å². The molecule has 178 valence electrons. The molecule has 8 rings (SSSR count). The van der Waals surface area contributed by atoms with E-state index < -0.39 is 0 Å². The average Bonchev–Trinajstić information content (AvgIpc) is 3.54. The van der Waals surface area contributed by atoms with Crippen molar-refractivity contribution in [3.05, 3.63) is 115 Å². The van der Waals surface area contributed by atoms with Gasteiger partial charge in [0.2, 0.25) is 5.95 Å². The molecule has 0 aliphatic carbocycles. The zero-order valence-electron chi connectivity index (χ0n) is 20.1. The molecule has 4 heterocycles. The van der Waals surface area contributed by atoms with Crippen molar-refractivity contribution in [3.8, 4) is 28.7 Å². The van der Waals surface area contributed by atoms with Gasteiger partial charge in [0.25, 0.3) is 0 Å². The van der Waals surface area contributed by atoms with Crippen molar-refractivity contribution >= 4 is 53.4 Å². The molecule has 0 spiro atoms. The Morgan fingerprint density at radius 1 is 0.553 bits per heavy atom. The molecule has 0 bridgehead atoms. The van der Waals surface area contributed by atoms with E-state index in [4.69, 9.17) is 19.9 Å². The minimum absolute atomic E-state index is 0.579. The number of fused-ring (bicyclic) bond motifs is 7. The fraction of sp³-hybridized carbons (Fsp3) is 0. The lowest BCUT2D eigenvalue weighted by molar-refractivity contribution is 0.955. The Bertz CT molecular complexity index is 2070. The first kappa shape index (κ1) is 21.2. The maximum absolute atomic E-state index is 5.05. The molecule has 4 aromatic heterocycles. The standard InChI is InChI=1S/C32H19N5S/c1-3-10-20(11-4-1)30-34-31(21-12-5-2-6-13-21)36-32(35-30)37-25-15-9-19-33-27(25)24-18-17-23-22-14-7-8-16-26(22)38-29(23)28(24)37/h1-19H. The maximum atomic E-state index is 5.05. The molecular formula is C32H19N5S. The molecule has 0 saturated carbocycles. The summed E-state index contributed by atoms with van der Waals surface area (Å²) in [5.41, 5.74) is 4.86. The molecule has 4 aromatic carbocycles.